The average Bonchev–Trinajstić information content (AvgIpc) is 2.47. The lowest BCUT2D eigenvalue weighted by molar-refractivity contribution is 0.581. The summed E-state index contributed by atoms with van der Waals surface area (Å²) in [5.74, 6) is -0.631. The minimum Gasteiger partial charge on any atom is -0.326 e. The summed E-state index contributed by atoms with van der Waals surface area (Å²) in [6.07, 6.45) is 2.95. The molecule has 0 saturated heterocycles. The standard InChI is InChI=1S/C13H14FN3O2S/c1-17(10-4-3-7-16-9-10)20(18,19)13-6-2-5-12(14)11(13)8-15/h2-7,9H,8,15H2,1H3. The molecule has 0 aliphatic heterocycles. The highest BCUT2D eigenvalue weighted by Gasteiger charge is 2.25. The van der Waals surface area contributed by atoms with E-state index in [4.69, 9.17) is 5.73 Å². The molecule has 0 saturated carbocycles. The van der Waals surface area contributed by atoms with E-state index >= 15 is 0 Å². The molecule has 0 aliphatic carbocycles. The van der Waals surface area contributed by atoms with E-state index in [1.165, 1.54) is 37.6 Å². The molecule has 0 aliphatic rings. The van der Waals surface area contributed by atoms with Gasteiger partial charge in [0, 0.05) is 25.4 Å². The number of rotatable bonds is 4. The van der Waals surface area contributed by atoms with Crippen molar-refractivity contribution in [2.75, 3.05) is 11.4 Å². The molecule has 2 rings (SSSR count). The number of halogens is 1. The van der Waals surface area contributed by atoms with Crippen molar-refractivity contribution in [1.29, 1.82) is 0 Å². The fraction of sp³-hybridized carbons (Fsp3) is 0.154. The summed E-state index contributed by atoms with van der Waals surface area (Å²) in [6, 6.07) is 7.10. The summed E-state index contributed by atoms with van der Waals surface area (Å²) in [4.78, 5) is 3.74. The van der Waals surface area contributed by atoms with Crippen molar-refractivity contribution < 1.29 is 12.8 Å². The van der Waals surface area contributed by atoms with Crippen LogP contribution in [0, 0.1) is 5.82 Å². The van der Waals surface area contributed by atoms with Crippen LogP contribution in [-0.4, -0.2) is 20.4 Å². The number of nitrogens with zero attached hydrogens (tertiary/aromatic N) is 2. The van der Waals surface area contributed by atoms with Gasteiger partial charge in [-0.2, -0.15) is 0 Å². The van der Waals surface area contributed by atoms with E-state index in [0.717, 1.165) is 4.31 Å². The molecule has 0 radical (unpaired) electrons. The van der Waals surface area contributed by atoms with Gasteiger partial charge in [-0.25, -0.2) is 12.8 Å². The van der Waals surface area contributed by atoms with Crippen LogP contribution in [0.4, 0.5) is 10.1 Å². The Morgan fingerprint density at radius 2 is 2.05 bits per heavy atom. The predicted octanol–water partition coefficient (Wildman–Crippen LogP) is 1.50. The number of hydrogen-bond acceptors (Lipinski definition) is 4. The summed E-state index contributed by atoms with van der Waals surface area (Å²) in [5.41, 5.74) is 5.82. The molecule has 5 nitrogen and oxygen atoms in total. The molecule has 0 unspecified atom stereocenters. The summed E-state index contributed by atoms with van der Waals surface area (Å²) in [6.45, 7) is -0.192. The van der Waals surface area contributed by atoms with Gasteiger partial charge in [0.2, 0.25) is 0 Å². The first-order valence-electron chi connectivity index (χ1n) is 5.85. The second-order valence-electron chi connectivity index (χ2n) is 4.10. The maximum Gasteiger partial charge on any atom is 0.264 e. The Morgan fingerprint density at radius 1 is 1.30 bits per heavy atom. The zero-order valence-corrected chi connectivity index (χ0v) is 11.6. The smallest absolute Gasteiger partial charge is 0.264 e. The van der Waals surface area contributed by atoms with E-state index in [9.17, 15) is 12.8 Å². The largest absolute Gasteiger partial charge is 0.326 e. The van der Waals surface area contributed by atoms with Gasteiger partial charge in [0.05, 0.1) is 16.8 Å². The van der Waals surface area contributed by atoms with Gasteiger partial charge >= 0.3 is 0 Å². The van der Waals surface area contributed by atoms with Crippen LogP contribution in [0.15, 0.2) is 47.6 Å². The molecule has 1 aromatic carbocycles. The molecule has 1 heterocycles. The highest BCUT2D eigenvalue weighted by atomic mass is 32.2. The Kier molecular flexibility index (Phi) is 4.01. The van der Waals surface area contributed by atoms with Crippen molar-refractivity contribution in [2.45, 2.75) is 11.4 Å². The highest BCUT2D eigenvalue weighted by molar-refractivity contribution is 7.92. The molecule has 1 aromatic heterocycles. The second kappa shape index (κ2) is 5.56. The maximum absolute atomic E-state index is 13.7. The lowest BCUT2D eigenvalue weighted by Gasteiger charge is -2.20. The topological polar surface area (TPSA) is 76.3 Å². The molecule has 0 bridgehead atoms. The zero-order valence-electron chi connectivity index (χ0n) is 10.8. The van der Waals surface area contributed by atoms with Crippen LogP contribution < -0.4 is 10.0 Å². The fourth-order valence-electron chi connectivity index (χ4n) is 1.80. The first kappa shape index (κ1) is 14.4. The number of nitrogens with two attached hydrogens (primary N) is 1. The Labute approximate surface area is 116 Å². The van der Waals surface area contributed by atoms with Crippen molar-refractivity contribution in [3.05, 3.63) is 54.1 Å². The lowest BCUT2D eigenvalue weighted by atomic mass is 10.2. The number of pyridine rings is 1. The first-order valence-corrected chi connectivity index (χ1v) is 7.29. The first-order chi connectivity index (χ1) is 9.48. The van der Waals surface area contributed by atoms with Crippen molar-refractivity contribution in [1.82, 2.24) is 4.98 Å². The highest BCUT2D eigenvalue weighted by Crippen LogP contribution is 2.25. The van der Waals surface area contributed by atoms with E-state index < -0.39 is 15.8 Å². The third kappa shape index (κ3) is 2.50. The molecular formula is C13H14FN3O2S. The van der Waals surface area contributed by atoms with Gasteiger partial charge in [-0.15, -0.1) is 0 Å². The SMILES string of the molecule is CN(c1cccnc1)S(=O)(=O)c1cccc(F)c1CN. The normalized spacial score (nSPS) is 11.3. The van der Waals surface area contributed by atoms with Crippen molar-refractivity contribution in [3.63, 3.8) is 0 Å². The molecule has 0 spiro atoms. The minimum atomic E-state index is -3.88. The van der Waals surface area contributed by atoms with Crippen LogP contribution in [0.25, 0.3) is 0 Å². The molecule has 2 N–H and O–H groups in total. The van der Waals surface area contributed by atoms with Crippen LogP contribution in [-0.2, 0) is 16.6 Å². The number of benzene rings is 1. The Hall–Kier alpha value is -1.99. The van der Waals surface area contributed by atoms with Gasteiger partial charge < -0.3 is 5.73 Å². The van der Waals surface area contributed by atoms with E-state index in [0.29, 0.717) is 5.69 Å². The quantitative estimate of drug-likeness (QED) is 0.927. The molecule has 0 atom stereocenters. The Bertz CT molecular complexity index is 705. The van der Waals surface area contributed by atoms with Gasteiger partial charge in [-0.1, -0.05) is 6.07 Å². The predicted molar refractivity (Wildman–Crippen MR) is 74.1 cm³/mol. The van der Waals surface area contributed by atoms with Crippen LogP contribution >= 0.6 is 0 Å². The second-order valence-corrected chi connectivity index (χ2v) is 6.04. The van der Waals surface area contributed by atoms with E-state index in [1.54, 1.807) is 12.1 Å². The number of sulfonamides is 1. The van der Waals surface area contributed by atoms with E-state index in [1.807, 2.05) is 0 Å². The third-order valence-corrected chi connectivity index (χ3v) is 4.80. The Morgan fingerprint density at radius 3 is 2.65 bits per heavy atom. The van der Waals surface area contributed by atoms with Crippen molar-refractivity contribution in [3.8, 4) is 0 Å². The van der Waals surface area contributed by atoms with Crippen LogP contribution in [0.1, 0.15) is 5.56 Å². The summed E-state index contributed by atoms with van der Waals surface area (Å²) < 4.78 is 39.8. The summed E-state index contributed by atoms with van der Waals surface area (Å²) >= 11 is 0. The van der Waals surface area contributed by atoms with Gasteiger partial charge in [0.1, 0.15) is 5.82 Å². The number of hydrogen-bond donors (Lipinski definition) is 1. The minimum absolute atomic E-state index is 0.0248. The molecule has 7 heteroatoms. The maximum atomic E-state index is 13.7. The van der Waals surface area contributed by atoms with Crippen LogP contribution in [0.3, 0.4) is 0 Å². The number of aromatic nitrogens is 1. The van der Waals surface area contributed by atoms with Crippen LogP contribution in [0.2, 0.25) is 0 Å². The van der Waals surface area contributed by atoms with E-state index in [2.05, 4.69) is 4.98 Å². The summed E-state index contributed by atoms with van der Waals surface area (Å²) in [5, 5.41) is 0. The molecule has 0 amide bonds. The third-order valence-electron chi connectivity index (χ3n) is 2.93. The van der Waals surface area contributed by atoms with Gasteiger partial charge in [0.15, 0.2) is 0 Å². The van der Waals surface area contributed by atoms with Crippen molar-refractivity contribution in [2.24, 2.45) is 5.73 Å². The summed E-state index contributed by atoms with van der Waals surface area (Å²) in [7, 11) is -2.50. The molecular weight excluding hydrogens is 281 g/mol. The van der Waals surface area contributed by atoms with Gasteiger partial charge in [-0.3, -0.25) is 9.29 Å². The number of anilines is 1. The van der Waals surface area contributed by atoms with Crippen molar-refractivity contribution >= 4 is 15.7 Å². The van der Waals surface area contributed by atoms with Crippen LogP contribution in [0.5, 0.6) is 0 Å². The lowest BCUT2D eigenvalue weighted by Crippen LogP contribution is -2.28. The molecule has 0 fully saturated rings. The van der Waals surface area contributed by atoms with Gasteiger partial charge in [0.25, 0.3) is 10.0 Å². The molecule has 20 heavy (non-hydrogen) atoms. The van der Waals surface area contributed by atoms with Gasteiger partial charge in [-0.05, 0) is 24.3 Å². The average molecular weight is 295 g/mol. The monoisotopic (exact) mass is 295 g/mol. The Balaban J connectivity index is 2.54. The zero-order chi connectivity index (χ0) is 14.8. The van der Waals surface area contributed by atoms with E-state index in [-0.39, 0.29) is 17.0 Å². The molecule has 106 valence electrons. The molecule has 2 aromatic rings. The fourth-order valence-corrected chi connectivity index (χ4v) is 3.23.